The van der Waals surface area contributed by atoms with E-state index in [1.54, 1.807) is 18.2 Å². The molecular formula is C22H22N4O3. The SMILES string of the molecule is Cc1cc(C)n(Cc2cccc(CNC(=O)c3ccc4c(c3)NC(=O)CO4)c2)n1. The van der Waals surface area contributed by atoms with Gasteiger partial charge < -0.3 is 15.4 Å². The highest BCUT2D eigenvalue weighted by Gasteiger charge is 2.17. The molecule has 7 nitrogen and oxygen atoms in total. The van der Waals surface area contributed by atoms with E-state index in [9.17, 15) is 9.59 Å². The van der Waals surface area contributed by atoms with E-state index >= 15 is 0 Å². The molecule has 0 saturated heterocycles. The van der Waals surface area contributed by atoms with E-state index in [2.05, 4.69) is 27.9 Å². The van der Waals surface area contributed by atoms with Crippen molar-refractivity contribution < 1.29 is 14.3 Å². The van der Waals surface area contributed by atoms with Crippen molar-refractivity contribution in [2.24, 2.45) is 0 Å². The van der Waals surface area contributed by atoms with Crippen molar-refractivity contribution >= 4 is 17.5 Å². The number of hydrogen-bond acceptors (Lipinski definition) is 4. The predicted octanol–water partition coefficient (Wildman–Crippen LogP) is 2.81. The molecule has 1 aliphatic rings. The molecule has 148 valence electrons. The van der Waals surface area contributed by atoms with Crippen LogP contribution >= 0.6 is 0 Å². The van der Waals surface area contributed by atoms with Crippen LogP contribution in [0, 0.1) is 13.8 Å². The van der Waals surface area contributed by atoms with Gasteiger partial charge in [-0.1, -0.05) is 24.3 Å². The first-order valence-electron chi connectivity index (χ1n) is 9.42. The lowest BCUT2D eigenvalue weighted by atomic mass is 10.1. The Kier molecular flexibility index (Phi) is 5.03. The number of carbonyl (C=O) groups is 2. The van der Waals surface area contributed by atoms with Gasteiger partial charge >= 0.3 is 0 Å². The van der Waals surface area contributed by atoms with E-state index in [1.165, 1.54) is 0 Å². The summed E-state index contributed by atoms with van der Waals surface area (Å²) in [6, 6.07) is 15.1. The highest BCUT2D eigenvalue weighted by molar-refractivity contribution is 5.99. The van der Waals surface area contributed by atoms with Crippen LogP contribution in [-0.2, 0) is 17.9 Å². The molecule has 2 N–H and O–H groups in total. The van der Waals surface area contributed by atoms with Crippen LogP contribution < -0.4 is 15.4 Å². The Labute approximate surface area is 168 Å². The average Bonchev–Trinajstić information content (AvgIpc) is 3.02. The quantitative estimate of drug-likeness (QED) is 0.702. The Bertz CT molecular complexity index is 1090. The number of aromatic nitrogens is 2. The Balaban J connectivity index is 1.41. The van der Waals surface area contributed by atoms with Gasteiger partial charge in [-0.3, -0.25) is 14.3 Å². The van der Waals surface area contributed by atoms with Crippen LogP contribution in [0.2, 0.25) is 0 Å². The molecule has 29 heavy (non-hydrogen) atoms. The zero-order chi connectivity index (χ0) is 20.4. The molecule has 1 aromatic heterocycles. The van der Waals surface area contributed by atoms with Gasteiger partial charge in [-0.25, -0.2) is 0 Å². The third-order valence-electron chi connectivity index (χ3n) is 4.75. The number of amides is 2. The molecule has 7 heteroatoms. The largest absolute Gasteiger partial charge is 0.482 e. The smallest absolute Gasteiger partial charge is 0.262 e. The predicted molar refractivity (Wildman–Crippen MR) is 109 cm³/mol. The Hall–Kier alpha value is -3.61. The molecule has 0 saturated carbocycles. The van der Waals surface area contributed by atoms with Crippen LogP contribution in [0.15, 0.2) is 48.5 Å². The van der Waals surface area contributed by atoms with Crippen LogP contribution in [0.3, 0.4) is 0 Å². The molecule has 0 spiro atoms. The number of anilines is 1. The van der Waals surface area contributed by atoms with E-state index in [-0.39, 0.29) is 18.4 Å². The van der Waals surface area contributed by atoms with Crippen molar-refractivity contribution in [2.45, 2.75) is 26.9 Å². The molecule has 0 atom stereocenters. The fraction of sp³-hybridized carbons (Fsp3) is 0.227. The summed E-state index contributed by atoms with van der Waals surface area (Å²) >= 11 is 0. The Morgan fingerprint density at radius 1 is 1.17 bits per heavy atom. The fourth-order valence-electron chi connectivity index (χ4n) is 3.35. The number of nitrogens with one attached hydrogen (secondary N) is 2. The second-order valence-electron chi connectivity index (χ2n) is 7.14. The first-order chi connectivity index (χ1) is 14.0. The van der Waals surface area contributed by atoms with E-state index in [0.29, 0.717) is 30.1 Å². The third-order valence-corrected chi connectivity index (χ3v) is 4.75. The van der Waals surface area contributed by atoms with E-state index < -0.39 is 0 Å². The van der Waals surface area contributed by atoms with Gasteiger partial charge in [0.05, 0.1) is 17.9 Å². The summed E-state index contributed by atoms with van der Waals surface area (Å²) in [6.45, 7) is 5.10. The second kappa shape index (κ2) is 7.79. The number of fused-ring (bicyclic) bond motifs is 1. The minimum Gasteiger partial charge on any atom is -0.482 e. The monoisotopic (exact) mass is 390 g/mol. The van der Waals surface area contributed by atoms with E-state index in [1.807, 2.05) is 36.7 Å². The topological polar surface area (TPSA) is 85.2 Å². The minimum absolute atomic E-state index is 0.00743. The zero-order valence-corrected chi connectivity index (χ0v) is 16.4. The molecule has 0 aliphatic carbocycles. The lowest BCUT2D eigenvalue weighted by molar-refractivity contribution is -0.118. The lowest BCUT2D eigenvalue weighted by Gasteiger charge is -2.18. The van der Waals surface area contributed by atoms with Gasteiger partial charge in [0, 0.05) is 17.8 Å². The maximum absolute atomic E-state index is 12.5. The summed E-state index contributed by atoms with van der Waals surface area (Å²) in [5.74, 6) is 0.129. The van der Waals surface area contributed by atoms with Gasteiger partial charge in [0.15, 0.2) is 6.61 Å². The van der Waals surface area contributed by atoms with Crippen molar-refractivity contribution in [1.82, 2.24) is 15.1 Å². The van der Waals surface area contributed by atoms with E-state index in [4.69, 9.17) is 4.74 Å². The first kappa shape index (κ1) is 18.7. The van der Waals surface area contributed by atoms with Crippen LogP contribution in [0.4, 0.5) is 5.69 Å². The molecule has 0 fully saturated rings. The Morgan fingerprint density at radius 2 is 2.00 bits per heavy atom. The standard InChI is InChI=1S/C22H22N4O3/c1-14-8-15(2)26(25-14)12-17-5-3-4-16(9-17)11-23-22(28)18-6-7-20-19(10-18)24-21(27)13-29-20/h3-10H,11-13H2,1-2H3,(H,23,28)(H,24,27). The summed E-state index contributed by atoms with van der Waals surface area (Å²) in [5.41, 5.74) is 5.22. The third kappa shape index (κ3) is 4.29. The fourth-order valence-corrected chi connectivity index (χ4v) is 3.35. The number of benzene rings is 2. The van der Waals surface area contributed by atoms with Crippen molar-refractivity contribution in [3.63, 3.8) is 0 Å². The number of rotatable bonds is 5. The zero-order valence-electron chi connectivity index (χ0n) is 16.4. The molecule has 1 aliphatic heterocycles. The summed E-state index contributed by atoms with van der Waals surface area (Å²) < 4.78 is 7.29. The van der Waals surface area contributed by atoms with Gasteiger partial charge in [0.2, 0.25) is 0 Å². The van der Waals surface area contributed by atoms with Crippen molar-refractivity contribution in [1.29, 1.82) is 0 Å². The number of hydrogen-bond donors (Lipinski definition) is 2. The highest BCUT2D eigenvalue weighted by atomic mass is 16.5. The summed E-state index contributed by atoms with van der Waals surface area (Å²) in [7, 11) is 0. The van der Waals surface area contributed by atoms with Gasteiger partial charge in [0.25, 0.3) is 11.8 Å². The van der Waals surface area contributed by atoms with Gasteiger partial charge in [-0.05, 0) is 49.2 Å². The summed E-state index contributed by atoms with van der Waals surface area (Å²) in [6.07, 6.45) is 0. The van der Waals surface area contributed by atoms with Crippen molar-refractivity contribution in [3.8, 4) is 5.75 Å². The number of ether oxygens (including phenoxy) is 1. The van der Waals surface area contributed by atoms with Crippen molar-refractivity contribution in [3.05, 3.63) is 76.6 Å². The summed E-state index contributed by atoms with van der Waals surface area (Å²) in [5, 5.41) is 10.1. The maximum atomic E-state index is 12.5. The highest BCUT2D eigenvalue weighted by Crippen LogP contribution is 2.28. The van der Waals surface area contributed by atoms with Crippen LogP contribution in [0.1, 0.15) is 32.9 Å². The average molecular weight is 390 g/mol. The normalized spacial score (nSPS) is 12.7. The van der Waals surface area contributed by atoms with Crippen LogP contribution in [0.5, 0.6) is 5.75 Å². The van der Waals surface area contributed by atoms with E-state index in [0.717, 1.165) is 22.5 Å². The molecule has 0 radical (unpaired) electrons. The molecule has 0 bridgehead atoms. The second-order valence-corrected chi connectivity index (χ2v) is 7.14. The Morgan fingerprint density at radius 3 is 2.79 bits per heavy atom. The summed E-state index contributed by atoms with van der Waals surface area (Å²) in [4.78, 5) is 24.0. The van der Waals surface area contributed by atoms with Gasteiger partial charge in [0.1, 0.15) is 5.75 Å². The number of carbonyl (C=O) groups excluding carboxylic acids is 2. The molecule has 3 aromatic rings. The molecule has 0 unspecified atom stereocenters. The number of nitrogens with zero attached hydrogens (tertiary/aromatic N) is 2. The number of aryl methyl sites for hydroxylation is 2. The van der Waals surface area contributed by atoms with Crippen LogP contribution in [-0.4, -0.2) is 28.2 Å². The molecule has 2 aromatic carbocycles. The molecule has 4 rings (SSSR count). The van der Waals surface area contributed by atoms with Crippen molar-refractivity contribution in [2.75, 3.05) is 11.9 Å². The first-order valence-corrected chi connectivity index (χ1v) is 9.42. The maximum Gasteiger partial charge on any atom is 0.262 e. The molecular weight excluding hydrogens is 368 g/mol. The molecule has 2 heterocycles. The molecule has 2 amide bonds. The lowest BCUT2D eigenvalue weighted by Crippen LogP contribution is -2.27. The van der Waals surface area contributed by atoms with Gasteiger partial charge in [-0.15, -0.1) is 0 Å². The minimum atomic E-state index is -0.227. The van der Waals surface area contributed by atoms with Gasteiger partial charge in [-0.2, -0.15) is 5.10 Å². The van der Waals surface area contributed by atoms with Crippen LogP contribution in [0.25, 0.3) is 0 Å².